The van der Waals surface area contributed by atoms with Gasteiger partial charge in [-0.2, -0.15) is 17.6 Å². The molecule has 2 fully saturated rings. The van der Waals surface area contributed by atoms with Crippen LogP contribution in [0.25, 0.3) is 0 Å². The number of nitrogens with one attached hydrogen (secondary N) is 1. The van der Waals surface area contributed by atoms with Crippen molar-refractivity contribution in [3.05, 3.63) is 5.82 Å². The zero-order valence-electron chi connectivity index (χ0n) is 11.0. The summed E-state index contributed by atoms with van der Waals surface area (Å²) in [5, 5.41) is 7.27. The summed E-state index contributed by atoms with van der Waals surface area (Å²) in [5.41, 5.74) is 0. The molecule has 1 N–H and O–H groups in total. The van der Waals surface area contributed by atoms with Crippen LogP contribution in [0.5, 0.6) is 0 Å². The van der Waals surface area contributed by atoms with Gasteiger partial charge in [-0.15, -0.1) is 5.10 Å². The molecule has 1 aromatic rings. The molecule has 104 valence electrons. The van der Waals surface area contributed by atoms with Gasteiger partial charge in [0.1, 0.15) is 5.82 Å². The van der Waals surface area contributed by atoms with Gasteiger partial charge < -0.3 is 0 Å². The monoisotopic (exact) mass is 280 g/mol. The average molecular weight is 280 g/mol. The molecule has 1 amide bonds. The third-order valence-corrected chi connectivity index (χ3v) is 4.70. The van der Waals surface area contributed by atoms with Gasteiger partial charge in [-0.25, -0.2) is 0 Å². The van der Waals surface area contributed by atoms with E-state index in [1.807, 2.05) is 0 Å². The third kappa shape index (κ3) is 2.63. The minimum absolute atomic E-state index is 0.119. The summed E-state index contributed by atoms with van der Waals surface area (Å²) in [6, 6.07) is 0. The summed E-state index contributed by atoms with van der Waals surface area (Å²) in [5.74, 6) is 3.18. The van der Waals surface area contributed by atoms with Gasteiger partial charge in [0.2, 0.25) is 5.91 Å². The van der Waals surface area contributed by atoms with Crippen LogP contribution >= 0.6 is 12.6 Å². The Morgan fingerprint density at radius 2 is 2.11 bits per heavy atom. The minimum Gasteiger partial charge on any atom is -0.279 e. The number of carbonyl (C=O) groups excluding carboxylic acids is 1. The van der Waals surface area contributed by atoms with Gasteiger partial charge in [-0.05, 0) is 24.5 Å². The van der Waals surface area contributed by atoms with Crippen molar-refractivity contribution in [3.63, 3.8) is 0 Å². The lowest BCUT2D eigenvalue weighted by Gasteiger charge is -2.18. The van der Waals surface area contributed by atoms with E-state index < -0.39 is 0 Å². The lowest BCUT2D eigenvalue weighted by Crippen LogP contribution is -2.26. The van der Waals surface area contributed by atoms with E-state index in [1.54, 1.807) is 4.90 Å². The number of anilines is 1. The number of hydrogen-bond donors (Lipinski definition) is 2. The van der Waals surface area contributed by atoms with Gasteiger partial charge >= 0.3 is 0 Å². The molecule has 1 unspecified atom stereocenters. The normalized spacial score (nSPS) is 25.2. The van der Waals surface area contributed by atoms with Gasteiger partial charge in [-0.1, -0.05) is 19.3 Å². The molecular formula is C13H20N4OS. The maximum Gasteiger partial charge on any atom is 0.251 e. The largest absolute Gasteiger partial charge is 0.279 e. The van der Waals surface area contributed by atoms with Crippen LogP contribution in [0.4, 0.5) is 5.95 Å². The Hall–Kier alpha value is -1.04. The molecule has 1 aromatic heterocycles. The molecule has 1 aliphatic heterocycles. The summed E-state index contributed by atoms with van der Waals surface area (Å²) in [6.45, 7) is 0.699. The maximum atomic E-state index is 11.9. The topological polar surface area (TPSA) is 61.9 Å². The number of H-pyrrole nitrogens is 1. The number of hydrogen-bond acceptors (Lipinski definition) is 4. The molecule has 0 aromatic carbocycles. The quantitative estimate of drug-likeness (QED) is 0.834. The molecule has 1 atom stereocenters. The van der Waals surface area contributed by atoms with Crippen molar-refractivity contribution in [1.29, 1.82) is 0 Å². The van der Waals surface area contributed by atoms with Crippen LogP contribution in [0.15, 0.2) is 0 Å². The van der Waals surface area contributed by atoms with Crippen molar-refractivity contribution in [2.24, 2.45) is 5.92 Å². The second-order valence-electron chi connectivity index (χ2n) is 5.61. The fourth-order valence-electron chi connectivity index (χ4n) is 3.04. The number of aromatic amines is 1. The van der Waals surface area contributed by atoms with Crippen molar-refractivity contribution in [2.75, 3.05) is 17.2 Å². The second-order valence-corrected chi connectivity index (χ2v) is 5.98. The first-order valence-electron chi connectivity index (χ1n) is 7.11. The van der Waals surface area contributed by atoms with E-state index >= 15 is 0 Å². The first-order valence-corrected chi connectivity index (χ1v) is 7.74. The first-order chi connectivity index (χ1) is 9.28. The second kappa shape index (κ2) is 5.53. The molecule has 1 saturated heterocycles. The predicted octanol–water partition coefficient (Wildman–Crippen LogP) is 2.14. The standard InChI is InChI=1S/C13H20N4OS/c18-11-6-9(8-19)7-17(11)13-14-12(15-16-13)10-4-2-1-3-5-10/h9-10,19H,1-8H2,(H,14,15,16). The van der Waals surface area contributed by atoms with Crippen LogP contribution in [0.3, 0.4) is 0 Å². The lowest BCUT2D eigenvalue weighted by molar-refractivity contribution is -0.117. The van der Waals surface area contributed by atoms with Gasteiger partial charge in [0.25, 0.3) is 5.95 Å². The molecular weight excluding hydrogens is 260 g/mol. The van der Waals surface area contributed by atoms with Gasteiger partial charge in [0.15, 0.2) is 0 Å². The summed E-state index contributed by atoms with van der Waals surface area (Å²) >= 11 is 4.27. The molecule has 2 aliphatic rings. The number of amides is 1. The van der Waals surface area contributed by atoms with E-state index in [2.05, 4.69) is 27.8 Å². The van der Waals surface area contributed by atoms with Crippen molar-refractivity contribution in [3.8, 4) is 0 Å². The number of thiol groups is 1. The molecule has 1 saturated carbocycles. The van der Waals surface area contributed by atoms with E-state index in [0.717, 1.165) is 11.6 Å². The van der Waals surface area contributed by atoms with E-state index in [4.69, 9.17) is 0 Å². The summed E-state index contributed by atoms with van der Waals surface area (Å²) < 4.78 is 0. The highest BCUT2D eigenvalue weighted by atomic mass is 32.1. The van der Waals surface area contributed by atoms with E-state index in [9.17, 15) is 4.79 Å². The van der Waals surface area contributed by atoms with Gasteiger partial charge in [-0.3, -0.25) is 14.8 Å². The van der Waals surface area contributed by atoms with Crippen molar-refractivity contribution < 1.29 is 4.79 Å². The molecule has 0 spiro atoms. The zero-order valence-corrected chi connectivity index (χ0v) is 11.9. The average Bonchev–Trinajstić information content (AvgIpc) is 3.06. The van der Waals surface area contributed by atoms with Gasteiger partial charge in [0.05, 0.1) is 0 Å². The predicted molar refractivity (Wildman–Crippen MR) is 76.5 cm³/mol. The van der Waals surface area contributed by atoms with Crippen molar-refractivity contribution in [2.45, 2.75) is 44.4 Å². The van der Waals surface area contributed by atoms with E-state index in [-0.39, 0.29) is 5.91 Å². The molecule has 3 rings (SSSR count). The minimum atomic E-state index is 0.119. The molecule has 6 heteroatoms. The zero-order chi connectivity index (χ0) is 13.2. The molecule has 0 bridgehead atoms. The number of carbonyl (C=O) groups is 1. The molecule has 5 nitrogen and oxygen atoms in total. The van der Waals surface area contributed by atoms with Crippen LogP contribution in [0, 0.1) is 5.92 Å². The number of aromatic nitrogens is 3. The molecule has 0 radical (unpaired) electrons. The lowest BCUT2D eigenvalue weighted by atomic mass is 9.89. The molecule has 1 aliphatic carbocycles. The van der Waals surface area contributed by atoms with Crippen LogP contribution in [0.2, 0.25) is 0 Å². The number of rotatable bonds is 3. The molecule has 19 heavy (non-hydrogen) atoms. The third-order valence-electron chi connectivity index (χ3n) is 4.19. The van der Waals surface area contributed by atoms with Crippen LogP contribution in [-0.4, -0.2) is 33.4 Å². The Bertz CT molecular complexity index is 455. The molecule has 2 heterocycles. The van der Waals surface area contributed by atoms with Crippen molar-refractivity contribution >= 4 is 24.5 Å². The number of nitrogens with zero attached hydrogens (tertiary/aromatic N) is 3. The fraction of sp³-hybridized carbons (Fsp3) is 0.769. The Kier molecular flexibility index (Phi) is 3.77. The van der Waals surface area contributed by atoms with Crippen LogP contribution < -0.4 is 4.90 Å². The maximum absolute atomic E-state index is 11.9. The highest BCUT2D eigenvalue weighted by Gasteiger charge is 2.32. The Balaban J connectivity index is 1.72. The Morgan fingerprint density at radius 1 is 1.32 bits per heavy atom. The fourth-order valence-corrected chi connectivity index (χ4v) is 3.29. The Morgan fingerprint density at radius 3 is 2.79 bits per heavy atom. The van der Waals surface area contributed by atoms with Crippen LogP contribution in [-0.2, 0) is 4.79 Å². The van der Waals surface area contributed by atoms with Crippen LogP contribution in [0.1, 0.15) is 50.3 Å². The van der Waals surface area contributed by atoms with E-state index in [0.29, 0.717) is 30.7 Å². The highest BCUT2D eigenvalue weighted by Crippen LogP contribution is 2.32. The first kappa shape index (κ1) is 13.0. The summed E-state index contributed by atoms with van der Waals surface area (Å²) in [6.07, 6.45) is 6.79. The Labute approximate surface area is 118 Å². The summed E-state index contributed by atoms with van der Waals surface area (Å²) in [7, 11) is 0. The van der Waals surface area contributed by atoms with Crippen molar-refractivity contribution in [1.82, 2.24) is 15.2 Å². The smallest absolute Gasteiger partial charge is 0.251 e. The summed E-state index contributed by atoms with van der Waals surface area (Å²) in [4.78, 5) is 18.2. The van der Waals surface area contributed by atoms with Gasteiger partial charge in [0, 0.05) is 18.9 Å². The highest BCUT2D eigenvalue weighted by molar-refractivity contribution is 7.80. The van der Waals surface area contributed by atoms with E-state index in [1.165, 1.54) is 32.1 Å². The SMILES string of the molecule is O=C1CC(CS)CN1c1n[nH]c(C2CCCCC2)n1.